The normalized spacial score (nSPS) is 23.3. The Hall–Kier alpha value is -1.03. The highest BCUT2D eigenvalue weighted by atomic mass is 16.5. The largest absolute Gasteiger partial charge is 0.390 e. The first-order valence-corrected chi connectivity index (χ1v) is 5.42. The van der Waals surface area contributed by atoms with Gasteiger partial charge in [-0.15, -0.1) is 0 Å². The molecule has 3 N–H and O–H groups in total. The Balaban J connectivity index is 2.34. The van der Waals surface area contributed by atoms with E-state index in [0.29, 0.717) is 0 Å². The van der Waals surface area contributed by atoms with Crippen molar-refractivity contribution in [2.24, 2.45) is 10.7 Å². The summed E-state index contributed by atoms with van der Waals surface area (Å²) in [6, 6.07) is 0.131. The van der Waals surface area contributed by atoms with E-state index in [1.54, 1.807) is 0 Å². The molecule has 1 unspecified atom stereocenters. The molecule has 0 radical (unpaired) electrons. The van der Waals surface area contributed by atoms with E-state index in [-0.39, 0.29) is 11.6 Å². The summed E-state index contributed by atoms with van der Waals surface area (Å²) >= 11 is 0. The van der Waals surface area contributed by atoms with Gasteiger partial charge in [0.2, 0.25) is 0 Å². The summed E-state index contributed by atoms with van der Waals surface area (Å²) in [6.07, 6.45) is 7.41. The lowest BCUT2D eigenvalue weighted by molar-refractivity contribution is 0.0504. The summed E-state index contributed by atoms with van der Waals surface area (Å²) in [6.45, 7) is 5.90. The quantitative estimate of drug-likeness (QED) is 0.539. The van der Waals surface area contributed by atoms with E-state index in [1.165, 1.54) is 6.34 Å². The van der Waals surface area contributed by atoms with E-state index in [0.717, 1.165) is 26.1 Å². The Kier molecular flexibility index (Phi) is 4.62. The van der Waals surface area contributed by atoms with Crippen LogP contribution in [0.5, 0.6) is 0 Å². The molecule has 0 saturated carbocycles. The predicted octanol–water partition coefficient (Wildman–Crippen LogP) is 1.03. The van der Waals surface area contributed by atoms with Gasteiger partial charge in [-0.3, -0.25) is 4.99 Å². The van der Waals surface area contributed by atoms with E-state index in [9.17, 15) is 0 Å². The lowest BCUT2D eigenvalue weighted by Gasteiger charge is -2.34. The average molecular weight is 211 g/mol. The van der Waals surface area contributed by atoms with Crippen LogP contribution in [-0.2, 0) is 4.74 Å². The van der Waals surface area contributed by atoms with E-state index in [2.05, 4.69) is 17.2 Å². The summed E-state index contributed by atoms with van der Waals surface area (Å²) < 4.78 is 5.33. The lowest BCUT2D eigenvalue weighted by atomic mass is 9.93. The van der Waals surface area contributed by atoms with Gasteiger partial charge < -0.3 is 15.8 Å². The lowest BCUT2D eigenvalue weighted by Crippen LogP contribution is -2.44. The van der Waals surface area contributed by atoms with Crippen molar-refractivity contribution in [1.82, 2.24) is 5.32 Å². The molecule has 0 aromatic heterocycles. The molecule has 0 aromatic rings. The van der Waals surface area contributed by atoms with Crippen molar-refractivity contribution in [1.29, 1.82) is 0 Å². The number of rotatable bonds is 4. The van der Waals surface area contributed by atoms with Gasteiger partial charge in [0, 0.05) is 18.8 Å². The number of ether oxygens (including phenoxy) is 1. The van der Waals surface area contributed by atoms with Crippen molar-refractivity contribution < 1.29 is 4.74 Å². The maximum Gasteiger partial charge on any atom is 0.0804 e. The molecule has 86 valence electrons. The van der Waals surface area contributed by atoms with Crippen molar-refractivity contribution in [2.45, 2.75) is 38.3 Å². The van der Waals surface area contributed by atoms with Gasteiger partial charge in [-0.25, -0.2) is 0 Å². The van der Waals surface area contributed by atoms with E-state index in [1.807, 2.05) is 19.2 Å². The molecular weight excluding hydrogens is 190 g/mol. The summed E-state index contributed by atoms with van der Waals surface area (Å²) in [5.74, 6) is 0. The Morgan fingerprint density at radius 1 is 1.47 bits per heavy atom. The number of hydrogen-bond donors (Lipinski definition) is 2. The van der Waals surface area contributed by atoms with Gasteiger partial charge in [-0.05, 0) is 39.0 Å². The highest BCUT2D eigenvalue weighted by Gasteiger charge is 2.25. The number of hydrogen-bond acceptors (Lipinski definition) is 3. The predicted molar refractivity (Wildman–Crippen MR) is 62.9 cm³/mol. The van der Waals surface area contributed by atoms with Gasteiger partial charge in [0.1, 0.15) is 0 Å². The molecule has 1 atom stereocenters. The summed E-state index contributed by atoms with van der Waals surface area (Å²) in [4.78, 5) is 4.03. The fourth-order valence-electron chi connectivity index (χ4n) is 1.54. The topological polar surface area (TPSA) is 59.6 Å². The highest BCUT2D eigenvalue weighted by molar-refractivity contribution is 5.51. The van der Waals surface area contributed by atoms with E-state index < -0.39 is 0 Å². The van der Waals surface area contributed by atoms with E-state index in [4.69, 9.17) is 10.5 Å². The molecule has 4 nitrogen and oxygen atoms in total. The molecular formula is C11H21N3O. The maximum atomic E-state index is 5.33. The SMILES string of the molecule is CC(/C=C/NC1(C)CCOCC1)N=CN. The molecule has 1 fully saturated rings. The van der Waals surface area contributed by atoms with Crippen LogP contribution in [0.3, 0.4) is 0 Å². The van der Waals surface area contributed by atoms with Crippen LogP contribution in [0.4, 0.5) is 0 Å². The van der Waals surface area contributed by atoms with Crippen LogP contribution in [0.15, 0.2) is 17.3 Å². The second-order valence-electron chi connectivity index (χ2n) is 4.22. The smallest absolute Gasteiger partial charge is 0.0804 e. The zero-order valence-corrected chi connectivity index (χ0v) is 9.57. The standard InChI is InChI=1S/C11H21N3O/c1-10(13-9-12)3-6-14-11(2)4-7-15-8-5-11/h3,6,9-10,14H,4-5,7-8H2,1-2H3,(H2,12,13)/b6-3+. The van der Waals surface area contributed by atoms with Crippen LogP contribution >= 0.6 is 0 Å². The Morgan fingerprint density at radius 2 is 2.13 bits per heavy atom. The van der Waals surface area contributed by atoms with Crippen molar-refractivity contribution in [3.8, 4) is 0 Å². The van der Waals surface area contributed by atoms with Crippen LogP contribution < -0.4 is 11.1 Å². The van der Waals surface area contributed by atoms with Crippen molar-refractivity contribution in [3.05, 3.63) is 12.3 Å². The van der Waals surface area contributed by atoms with Crippen LogP contribution in [0.2, 0.25) is 0 Å². The van der Waals surface area contributed by atoms with Gasteiger partial charge in [0.25, 0.3) is 0 Å². The van der Waals surface area contributed by atoms with Crippen molar-refractivity contribution in [3.63, 3.8) is 0 Å². The minimum Gasteiger partial charge on any atom is -0.390 e. The molecule has 4 heteroatoms. The Labute approximate surface area is 91.6 Å². The summed E-state index contributed by atoms with van der Waals surface area (Å²) in [5, 5.41) is 3.41. The summed E-state index contributed by atoms with van der Waals surface area (Å²) in [5.41, 5.74) is 5.38. The monoisotopic (exact) mass is 211 g/mol. The minimum atomic E-state index is 0.131. The minimum absolute atomic E-state index is 0.131. The number of nitrogens with zero attached hydrogens (tertiary/aromatic N) is 1. The maximum absolute atomic E-state index is 5.33. The molecule has 1 saturated heterocycles. The van der Waals surface area contributed by atoms with Gasteiger partial charge in [0.05, 0.1) is 12.4 Å². The van der Waals surface area contributed by atoms with Crippen LogP contribution in [0, 0.1) is 0 Å². The highest BCUT2D eigenvalue weighted by Crippen LogP contribution is 2.19. The number of nitrogens with one attached hydrogen (secondary N) is 1. The summed E-state index contributed by atoms with van der Waals surface area (Å²) in [7, 11) is 0. The van der Waals surface area contributed by atoms with E-state index >= 15 is 0 Å². The van der Waals surface area contributed by atoms with Crippen LogP contribution in [-0.4, -0.2) is 31.1 Å². The van der Waals surface area contributed by atoms with Gasteiger partial charge in [0.15, 0.2) is 0 Å². The molecule has 0 aromatic carbocycles. The van der Waals surface area contributed by atoms with Gasteiger partial charge in [-0.2, -0.15) is 0 Å². The molecule has 0 aliphatic carbocycles. The second kappa shape index (κ2) is 5.75. The third-order valence-corrected chi connectivity index (χ3v) is 2.72. The molecule has 0 bridgehead atoms. The van der Waals surface area contributed by atoms with Crippen molar-refractivity contribution in [2.75, 3.05) is 13.2 Å². The zero-order valence-electron chi connectivity index (χ0n) is 9.57. The first kappa shape index (κ1) is 12.0. The van der Waals surface area contributed by atoms with Gasteiger partial charge >= 0.3 is 0 Å². The zero-order chi connectivity index (χ0) is 11.1. The third kappa shape index (κ3) is 4.34. The fraction of sp³-hybridized carbons (Fsp3) is 0.727. The van der Waals surface area contributed by atoms with Crippen LogP contribution in [0.1, 0.15) is 26.7 Å². The fourth-order valence-corrected chi connectivity index (χ4v) is 1.54. The number of nitrogens with two attached hydrogens (primary N) is 1. The van der Waals surface area contributed by atoms with Crippen molar-refractivity contribution >= 4 is 6.34 Å². The van der Waals surface area contributed by atoms with Crippen LogP contribution in [0.25, 0.3) is 0 Å². The molecule has 0 spiro atoms. The third-order valence-electron chi connectivity index (χ3n) is 2.72. The molecule has 1 rings (SSSR count). The first-order chi connectivity index (χ1) is 7.16. The molecule has 1 heterocycles. The Bertz CT molecular complexity index is 232. The Morgan fingerprint density at radius 3 is 2.73 bits per heavy atom. The average Bonchev–Trinajstić information content (AvgIpc) is 2.19. The second-order valence-corrected chi connectivity index (χ2v) is 4.22. The molecule has 15 heavy (non-hydrogen) atoms. The molecule has 0 amide bonds. The molecule has 1 aliphatic rings. The molecule has 1 aliphatic heterocycles. The first-order valence-electron chi connectivity index (χ1n) is 5.42. The number of aliphatic imine (C=N–C) groups is 1. The van der Waals surface area contributed by atoms with Gasteiger partial charge in [-0.1, -0.05) is 0 Å².